The van der Waals surface area contributed by atoms with Gasteiger partial charge in [0.2, 0.25) is 0 Å². The van der Waals surface area contributed by atoms with Crippen molar-refractivity contribution in [2.24, 2.45) is 0 Å². The Hall–Kier alpha value is -5.51. The fraction of sp³-hybridized carbons (Fsp3) is 0.200. The summed E-state index contributed by atoms with van der Waals surface area (Å²) < 4.78 is 6.39. The second-order valence-corrected chi connectivity index (χ2v) is 21.2. The average molecular weight is 911 g/mol. The number of allylic oxidation sites excluding steroid dienone is 15. The van der Waals surface area contributed by atoms with Gasteiger partial charge in [0.1, 0.15) is 0 Å². The van der Waals surface area contributed by atoms with Crippen molar-refractivity contribution in [3.05, 3.63) is 243 Å². The molecule has 3 aliphatic rings. The Morgan fingerprint density at radius 1 is 0.672 bits per heavy atom. The van der Waals surface area contributed by atoms with Crippen LogP contribution in [-0.2, 0) is 6.42 Å². The normalized spacial score (nSPS) is 16.0. The Morgan fingerprint density at radius 2 is 1.44 bits per heavy atom. The Balaban J connectivity index is 0.000000153. The van der Waals surface area contributed by atoms with Crippen LogP contribution in [-0.4, -0.2) is 0 Å². The molecule has 1 heterocycles. The van der Waals surface area contributed by atoms with Gasteiger partial charge in [-0.2, -0.15) is 0 Å². The summed E-state index contributed by atoms with van der Waals surface area (Å²) in [6.07, 6.45) is 26.5. The summed E-state index contributed by atoms with van der Waals surface area (Å²) in [5.41, 5.74) is 21.9. The van der Waals surface area contributed by atoms with E-state index in [-0.39, 0.29) is 0 Å². The van der Waals surface area contributed by atoms with Crippen LogP contribution in [0.4, 0.5) is 0 Å². The molecule has 5 aromatic rings. The molecule has 0 unspecified atom stereocenters. The van der Waals surface area contributed by atoms with Crippen molar-refractivity contribution in [1.29, 1.82) is 0 Å². The van der Waals surface area contributed by atoms with Gasteiger partial charge in [0.15, 0.2) is 0 Å². The third kappa shape index (κ3) is 12.5. The molecule has 0 fully saturated rings. The Kier molecular flexibility index (Phi) is 16.1. The van der Waals surface area contributed by atoms with Crippen LogP contribution in [0.2, 0.25) is 0 Å². The summed E-state index contributed by atoms with van der Waals surface area (Å²) in [4.78, 5) is 0. The standard InChI is InChI=1S/C21H24.C20H18.C19H21I/c1-15(2)9-10-17(4)19-7-6-8-20(14-19)21-12-11-16(3)18(5)13-21;1-14-9-11-15(12-10-14)17-7-4-8-19-18-6-3-2-5-16(18)13-20(17)19;1-4-7-16(2)8-5-9-18-10-6-11-19(14-18)20-13-12-17(3)15-20/h6-14H,1-5H3;2-11,15H,12-13H2,1H3;4-15H,1-3H3/b17-10+;;7-4-,9-5+,16-8-/t;15-;/m.0./s1. The van der Waals surface area contributed by atoms with E-state index in [0.717, 1.165) is 12.8 Å². The fourth-order valence-electron chi connectivity index (χ4n) is 7.68. The number of benzene rings is 5. The molecule has 5 aromatic carbocycles. The quantitative estimate of drug-likeness (QED) is 0.105. The molecular weight excluding hydrogens is 848 g/mol. The minimum absolute atomic E-state index is 0.544. The van der Waals surface area contributed by atoms with Crippen molar-refractivity contribution in [3.63, 3.8) is 0 Å². The third-order valence-electron chi connectivity index (χ3n) is 11.3. The van der Waals surface area contributed by atoms with Crippen LogP contribution in [0.5, 0.6) is 0 Å². The summed E-state index contributed by atoms with van der Waals surface area (Å²) in [5.74, 6) is 0.544. The van der Waals surface area contributed by atoms with Crippen LogP contribution in [0.15, 0.2) is 200 Å². The molecule has 8 rings (SSSR count). The van der Waals surface area contributed by atoms with E-state index in [4.69, 9.17) is 0 Å². The van der Waals surface area contributed by atoms with E-state index in [9.17, 15) is 0 Å². The van der Waals surface area contributed by atoms with Gasteiger partial charge in [0, 0.05) is 5.92 Å². The van der Waals surface area contributed by atoms with E-state index >= 15 is 0 Å². The predicted molar refractivity (Wildman–Crippen MR) is 279 cm³/mol. The van der Waals surface area contributed by atoms with Gasteiger partial charge < -0.3 is 0 Å². The van der Waals surface area contributed by atoms with Crippen molar-refractivity contribution in [2.75, 3.05) is 0 Å². The van der Waals surface area contributed by atoms with Crippen LogP contribution in [0.25, 0.3) is 33.9 Å². The molecule has 61 heavy (non-hydrogen) atoms. The zero-order chi connectivity index (χ0) is 43.3. The maximum absolute atomic E-state index is 2.46. The zero-order valence-electron chi connectivity index (χ0n) is 37.8. The molecular formula is C60H63I. The van der Waals surface area contributed by atoms with Crippen LogP contribution >= 0.6 is 19.8 Å². The van der Waals surface area contributed by atoms with Gasteiger partial charge in [-0.15, -0.1) is 0 Å². The maximum atomic E-state index is 2.46. The number of hydrogen-bond acceptors (Lipinski definition) is 0. The summed E-state index contributed by atoms with van der Waals surface area (Å²) in [5, 5.41) is 0. The van der Waals surface area contributed by atoms with Gasteiger partial charge in [0.25, 0.3) is 0 Å². The predicted octanol–water partition coefficient (Wildman–Crippen LogP) is 17.9. The van der Waals surface area contributed by atoms with Crippen molar-refractivity contribution < 1.29 is 0 Å². The van der Waals surface area contributed by atoms with Crippen LogP contribution in [0.1, 0.15) is 99.7 Å². The minimum atomic E-state index is -1.18. The number of hydrogen-bond donors (Lipinski definition) is 0. The first-order chi connectivity index (χ1) is 29.5. The molecule has 0 radical (unpaired) electrons. The molecule has 1 heteroatoms. The first-order valence-corrected chi connectivity index (χ1v) is 25.2. The second-order valence-electron chi connectivity index (χ2n) is 16.6. The molecule has 0 saturated heterocycles. The molecule has 0 aromatic heterocycles. The third-order valence-corrected chi connectivity index (χ3v) is 16.2. The van der Waals surface area contributed by atoms with E-state index < -0.39 is 19.8 Å². The first-order valence-electron chi connectivity index (χ1n) is 21.6. The Labute approximate surface area is 375 Å². The van der Waals surface area contributed by atoms with Crippen molar-refractivity contribution in [1.82, 2.24) is 0 Å². The second kappa shape index (κ2) is 21.8. The first kappa shape index (κ1) is 45.0. The number of fused-ring (bicyclic) bond motifs is 3. The van der Waals surface area contributed by atoms with Gasteiger partial charge in [0.05, 0.1) is 0 Å². The molecule has 0 saturated carbocycles. The van der Waals surface area contributed by atoms with E-state index in [1.807, 2.05) is 6.92 Å². The molecule has 1 aliphatic heterocycles. The zero-order valence-corrected chi connectivity index (χ0v) is 39.9. The molecule has 2 aliphatic carbocycles. The summed E-state index contributed by atoms with van der Waals surface area (Å²) in [6.45, 7) is 19.3. The summed E-state index contributed by atoms with van der Waals surface area (Å²) in [6, 6.07) is 40.0. The van der Waals surface area contributed by atoms with E-state index in [2.05, 4.69) is 240 Å². The van der Waals surface area contributed by atoms with Crippen LogP contribution in [0.3, 0.4) is 0 Å². The fourth-order valence-corrected chi connectivity index (χ4v) is 12.2. The Bertz CT molecular complexity index is 2620. The van der Waals surface area contributed by atoms with Gasteiger partial charge in [-0.3, -0.25) is 0 Å². The van der Waals surface area contributed by atoms with Gasteiger partial charge in [-0.1, -0.05) is 120 Å². The number of aryl methyl sites for hydroxylation is 2. The van der Waals surface area contributed by atoms with E-state index in [0.29, 0.717) is 5.92 Å². The van der Waals surface area contributed by atoms with Crippen molar-refractivity contribution in [3.8, 4) is 22.3 Å². The summed E-state index contributed by atoms with van der Waals surface area (Å²) >= 11 is -1.18. The molecule has 0 spiro atoms. The van der Waals surface area contributed by atoms with Crippen molar-refractivity contribution in [2.45, 2.75) is 81.1 Å². The molecule has 0 N–H and O–H groups in total. The molecule has 1 atom stereocenters. The molecule has 0 amide bonds. The average Bonchev–Trinajstić information content (AvgIpc) is 3.88. The SMILES string of the molecule is CC(C)=C/C=C(\C)c1cccc(-c2ccc(C)c(C)c2)c1.CC1=CC[C@@H](c2cccc3c2Cc2ccccc2-3)C=C1.C\C=C/C(C)=C\C=C\c1cccc(I2C=CC(C)=C2)c1. The topological polar surface area (TPSA) is 0 Å². The molecule has 0 nitrogen and oxygen atoms in total. The monoisotopic (exact) mass is 910 g/mol. The van der Waals surface area contributed by atoms with Gasteiger partial charge in [-0.25, -0.2) is 0 Å². The van der Waals surface area contributed by atoms with Crippen LogP contribution in [0, 0.1) is 17.4 Å². The van der Waals surface area contributed by atoms with Crippen LogP contribution < -0.4 is 0 Å². The van der Waals surface area contributed by atoms with Gasteiger partial charge in [-0.05, 0) is 122 Å². The van der Waals surface area contributed by atoms with E-state index in [1.54, 1.807) is 0 Å². The summed E-state index contributed by atoms with van der Waals surface area (Å²) in [7, 11) is 0. The molecule has 310 valence electrons. The van der Waals surface area contributed by atoms with E-state index in [1.165, 1.54) is 92.6 Å². The molecule has 0 bridgehead atoms. The van der Waals surface area contributed by atoms with Crippen molar-refractivity contribution >= 4 is 31.5 Å². The number of halogens is 1. The van der Waals surface area contributed by atoms with Gasteiger partial charge >= 0.3 is 130 Å². The number of rotatable bonds is 8. The Morgan fingerprint density at radius 3 is 2.18 bits per heavy atom.